The van der Waals surface area contributed by atoms with Crippen molar-refractivity contribution in [3.63, 3.8) is 0 Å². The molecule has 0 unspecified atom stereocenters. The van der Waals surface area contributed by atoms with E-state index in [4.69, 9.17) is 18.0 Å². The van der Waals surface area contributed by atoms with E-state index in [1.807, 2.05) is 0 Å². The number of nitrogens with two attached hydrogens (primary N) is 1. The third-order valence-corrected chi connectivity index (χ3v) is 5.52. The van der Waals surface area contributed by atoms with Crippen LogP contribution in [0.1, 0.15) is 5.82 Å². The first-order valence-corrected chi connectivity index (χ1v) is 9.65. The highest BCUT2D eigenvalue weighted by molar-refractivity contribution is 8.22. The van der Waals surface area contributed by atoms with Crippen LogP contribution in [0.5, 0.6) is 0 Å². The molecule has 3 rings (SSSR count). The highest BCUT2D eigenvalue weighted by atomic mass is 32.2. The predicted molar refractivity (Wildman–Crippen MR) is 106 cm³/mol. The molecule has 1 fully saturated rings. The van der Waals surface area contributed by atoms with Gasteiger partial charge in [0.15, 0.2) is 0 Å². The summed E-state index contributed by atoms with van der Waals surface area (Å²) in [6, 6.07) is 5.93. The molecule has 1 aliphatic rings. The van der Waals surface area contributed by atoms with E-state index in [1.54, 1.807) is 12.1 Å². The minimum atomic E-state index is -0.304. The zero-order chi connectivity index (χ0) is 18.5. The van der Waals surface area contributed by atoms with Gasteiger partial charge < -0.3 is 20.9 Å². The van der Waals surface area contributed by atoms with E-state index in [-0.39, 0.29) is 11.8 Å². The second kappa shape index (κ2) is 8.56. The number of benzene rings is 1. The number of aromatic nitrogens is 3. The summed E-state index contributed by atoms with van der Waals surface area (Å²) < 4.78 is 13.8. The molecule has 0 radical (unpaired) electrons. The maximum atomic E-state index is 13.0. The van der Waals surface area contributed by atoms with Crippen molar-refractivity contribution in [2.45, 2.75) is 5.75 Å². The zero-order valence-electron chi connectivity index (χ0n) is 14.4. The molecule has 1 aromatic heterocycles. The third-order valence-electron chi connectivity index (χ3n) is 4.00. The van der Waals surface area contributed by atoms with Gasteiger partial charge in [-0.05, 0) is 24.3 Å². The quantitative estimate of drug-likeness (QED) is 0.653. The number of thioether (sulfide) groups is 1. The molecule has 7 nitrogen and oxygen atoms in total. The molecule has 138 valence electrons. The number of halogens is 1. The lowest BCUT2D eigenvalue weighted by atomic mass is 10.3. The molecule has 4 N–H and O–H groups in total. The molecule has 26 heavy (non-hydrogen) atoms. The van der Waals surface area contributed by atoms with E-state index in [2.05, 4.69) is 32.2 Å². The first-order chi connectivity index (χ1) is 12.5. The average molecular weight is 395 g/mol. The van der Waals surface area contributed by atoms with Crippen LogP contribution in [0.4, 0.5) is 22.0 Å². The predicted octanol–water partition coefficient (Wildman–Crippen LogP) is 0.685. The van der Waals surface area contributed by atoms with Crippen LogP contribution in [0.2, 0.25) is 0 Å². The van der Waals surface area contributed by atoms with Crippen LogP contribution < -0.4 is 16.0 Å². The van der Waals surface area contributed by atoms with E-state index < -0.39 is 0 Å². The summed E-state index contributed by atoms with van der Waals surface area (Å²) in [6.07, 6.45) is 0. The number of likely N-dealkylation sites (N-methyl/N-ethyl adjacent to an activating group) is 1. The third kappa shape index (κ3) is 5.23. The van der Waals surface area contributed by atoms with E-state index in [9.17, 15) is 4.39 Å². The fraction of sp³-hybridized carbons (Fsp3) is 0.375. The summed E-state index contributed by atoms with van der Waals surface area (Å²) >= 11 is 7.05. The number of thiocarbonyl (C=S) groups is 1. The number of hydrogen-bond donors (Lipinski definition) is 3. The van der Waals surface area contributed by atoms with Gasteiger partial charge >= 0.3 is 0 Å². The highest BCUT2D eigenvalue weighted by Gasteiger charge is 2.19. The summed E-state index contributed by atoms with van der Waals surface area (Å²) in [7, 11) is 2.19. The maximum Gasteiger partial charge on any atom is 0.232 e. The molecular formula is C16H21FN7S2+. The van der Waals surface area contributed by atoms with Crippen LogP contribution in [-0.2, 0) is 5.75 Å². The molecule has 0 bridgehead atoms. The Hall–Kier alpha value is -2.04. The zero-order valence-corrected chi connectivity index (χ0v) is 16.0. The van der Waals surface area contributed by atoms with Crippen LogP contribution in [0, 0.1) is 5.82 Å². The molecule has 1 aromatic carbocycles. The van der Waals surface area contributed by atoms with Gasteiger partial charge in [-0.1, -0.05) is 24.0 Å². The minimum Gasteiger partial charge on any atom is -0.368 e. The Morgan fingerprint density at radius 2 is 1.96 bits per heavy atom. The van der Waals surface area contributed by atoms with Crippen LogP contribution >= 0.6 is 24.0 Å². The largest absolute Gasteiger partial charge is 0.368 e. The molecule has 1 aliphatic heterocycles. The lowest BCUT2D eigenvalue weighted by molar-refractivity contribution is -0.883. The van der Waals surface area contributed by atoms with Gasteiger partial charge in [0.1, 0.15) is 16.0 Å². The molecule has 2 aromatic rings. The first-order valence-electron chi connectivity index (χ1n) is 8.25. The lowest BCUT2D eigenvalue weighted by Gasteiger charge is -2.31. The Labute approximate surface area is 161 Å². The number of nitrogen functional groups attached to an aromatic ring is 1. The first kappa shape index (κ1) is 18.7. The van der Waals surface area contributed by atoms with Crippen LogP contribution in [0.25, 0.3) is 0 Å². The Morgan fingerprint density at radius 1 is 1.27 bits per heavy atom. The van der Waals surface area contributed by atoms with Crippen molar-refractivity contribution >= 4 is 45.9 Å². The van der Waals surface area contributed by atoms with Crippen molar-refractivity contribution < 1.29 is 9.29 Å². The van der Waals surface area contributed by atoms with Gasteiger partial charge in [-0.3, -0.25) is 0 Å². The summed E-state index contributed by atoms with van der Waals surface area (Å²) in [5.74, 6) is 1.22. The van der Waals surface area contributed by atoms with Gasteiger partial charge in [0.05, 0.1) is 39.0 Å². The topological polar surface area (TPSA) is 84.4 Å². The second-order valence-corrected chi connectivity index (χ2v) is 7.67. The van der Waals surface area contributed by atoms with Gasteiger partial charge in [0.25, 0.3) is 0 Å². The van der Waals surface area contributed by atoms with Crippen molar-refractivity contribution in [2.75, 3.05) is 44.3 Å². The second-order valence-electron chi connectivity index (χ2n) is 6.06. The van der Waals surface area contributed by atoms with Crippen LogP contribution in [0.3, 0.4) is 0 Å². The molecule has 10 heteroatoms. The van der Waals surface area contributed by atoms with Gasteiger partial charge in [-0.15, -0.1) is 0 Å². The van der Waals surface area contributed by atoms with Gasteiger partial charge in [-0.25, -0.2) is 4.39 Å². The van der Waals surface area contributed by atoms with E-state index >= 15 is 0 Å². The molecule has 0 saturated carbocycles. The Kier molecular flexibility index (Phi) is 6.17. The molecule has 0 amide bonds. The fourth-order valence-electron chi connectivity index (χ4n) is 2.51. The van der Waals surface area contributed by atoms with E-state index in [1.165, 1.54) is 28.8 Å². The number of nitrogens with one attached hydrogen (secondary N) is 2. The standard InChI is InChI=1S/C16H20FN7S2/c1-23-6-8-24(9-7-23)16(25)26-10-13-20-14(18)22-15(21-13)19-12-4-2-11(17)3-5-12/h2-5H,6-10H2,1H3,(H3,18,19,20,21,22)/p+1. The number of quaternary nitrogens is 1. The summed E-state index contributed by atoms with van der Waals surface area (Å²) in [4.78, 5) is 16.4. The van der Waals surface area contributed by atoms with Crippen LogP contribution in [0.15, 0.2) is 24.3 Å². The van der Waals surface area contributed by atoms with Crippen molar-refractivity contribution in [3.05, 3.63) is 35.9 Å². The Morgan fingerprint density at radius 3 is 2.65 bits per heavy atom. The molecule has 0 aliphatic carbocycles. The minimum absolute atomic E-state index is 0.134. The number of hydrogen-bond acceptors (Lipinski definition) is 7. The van der Waals surface area contributed by atoms with E-state index in [0.29, 0.717) is 23.2 Å². The molecule has 1 saturated heterocycles. The van der Waals surface area contributed by atoms with Crippen molar-refractivity contribution in [1.29, 1.82) is 0 Å². The molecule has 2 heterocycles. The number of piperazine rings is 1. The smallest absolute Gasteiger partial charge is 0.232 e. The van der Waals surface area contributed by atoms with Crippen molar-refractivity contribution in [2.24, 2.45) is 0 Å². The SMILES string of the molecule is C[NH+]1CCN(C(=S)SCc2nc(N)nc(Nc3ccc(F)cc3)n2)CC1. The molecule has 0 spiro atoms. The summed E-state index contributed by atoms with van der Waals surface area (Å²) in [5, 5.41) is 3.00. The van der Waals surface area contributed by atoms with Crippen molar-refractivity contribution in [3.8, 4) is 0 Å². The van der Waals surface area contributed by atoms with Crippen LogP contribution in [-0.4, -0.2) is 57.4 Å². The number of rotatable bonds is 4. The molecular weight excluding hydrogens is 373 g/mol. The Balaban J connectivity index is 1.60. The molecule has 0 atom stereocenters. The fourth-order valence-corrected chi connectivity index (χ4v) is 3.62. The summed E-state index contributed by atoms with van der Waals surface area (Å²) in [6.45, 7) is 4.11. The van der Waals surface area contributed by atoms with Gasteiger partial charge in [-0.2, -0.15) is 15.0 Å². The Bertz CT molecular complexity index is 764. The lowest BCUT2D eigenvalue weighted by Crippen LogP contribution is -3.12. The number of anilines is 3. The highest BCUT2D eigenvalue weighted by Crippen LogP contribution is 2.18. The normalized spacial score (nSPS) is 15.1. The maximum absolute atomic E-state index is 13.0. The summed E-state index contributed by atoms with van der Waals surface area (Å²) in [5.41, 5.74) is 6.46. The average Bonchev–Trinajstić information content (AvgIpc) is 2.62. The monoisotopic (exact) mass is 394 g/mol. The number of nitrogens with zero attached hydrogens (tertiary/aromatic N) is 4. The van der Waals surface area contributed by atoms with E-state index in [0.717, 1.165) is 30.5 Å². The van der Waals surface area contributed by atoms with Gasteiger partial charge in [0, 0.05) is 5.69 Å². The van der Waals surface area contributed by atoms with Gasteiger partial charge in [0.2, 0.25) is 11.9 Å². The van der Waals surface area contributed by atoms with Crippen molar-refractivity contribution in [1.82, 2.24) is 19.9 Å².